The van der Waals surface area contributed by atoms with E-state index in [2.05, 4.69) is 51.8 Å². The van der Waals surface area contributed by atoms with Gasteiger partial charge in [-0.3, -0.25) is 0 Å². The molecular formula is C14H18IN. The Labute approximate surface area is 111 Å². The molecule has 0 unspecified atom stereocenters. The Kier molecular flexibility index (Phi) is 3.20. The summed E-state index contributed by atoms with van der Waals surface area (Å²) >= 11 is 2.38. The monoisotopic (exact) mass is 327 g/mol. The van der Waals surface area contributed by atoms with E-state index in [9.17, 15) is 0 Å². The topological polar surface area (TPSA) is 3.24 Å². The van der Waals surface area contributed by atoms with E-state index < -0.39 is 0 Å². The SMILES string of the molecule is Ic1ccc(C2CCN(C3CC3)CC2)cc1. The van der Waals surface area contributed by atoms with Crippen molar-refractivity contribution in [2.75, 3.05) is 13.1 Å². The number of likely N-dealkylation sites (tertiary alicyclic amines) is 1. The summed E-state index contributed by atoms with van der Waals surface area (Å²) < 4.78 is 1.34. The molecule has 1 nitrogen and oxygen atoms in total. The summed E-state index contributed by atoms with van der Waals surface area (Å²) in [6.45, 7) is 2.64. The summed E-state index contributed by atoms with van der Waals surface area (Å²) in [5.74, 6) is 0.812. The van der Waals surface area contributed by atoms with Gasteiger partial charge in [0.1, 0.15) is 0 Å². The Morgan fingerprint density at radius 1 is 0.938 bits per heavy atom. The first-order valence-electron chi connectivity index (χ1n) is 6.32. The Balaban J connectivity index is 1.62. The zero-order valence-corrected chi connectivity index (χ0v) is 11.7. The highest BCUT2D eigenvalue weighted by Crippen LogP contribution is 2.34. The predicted octanol–water partition coefficient (Wildman–Crippen LogP) is 3.63. The molecule has 1 aromatic carbocycles. The summed E-state index contributed by atoms with van der Waals surface area (Å²) in [5.41, 5.74) is 1.55. The third-order valence-corrected chi connectivity index (χ3v) is 4.65. The fourth-order valence-corrected chi connectivity index (χ4v) is 3.13. The van der Waals surface area contributed by atoms with Crippen LogP contribution in [-0.2, 0) is 0 Å². The minimum atomic E-state index is 0.812. The summed E-state index contributed by atoms with van der Waals surface area (Å²) in [6, 6.07) is 10.1. The zero-order chi connectivity index (χ0) is 11.0. The molecular weight excluding hydrogens is 309 g/mol. The molecule has 3 rings (SSSR count). The van der Waals surface area contributed by atoms with Gasteiger partial charge in [-0.05, 0) is 85.0 Å². The standard InChI is InChI=1S/C14H18IN/c15-13-3-1-11(2-4-13)12-7-9-16(10-8-12)14-5-6-14/h1-4,12,14H,5-10H2. The molecule has 1 aromatic rings. The lowest BCUT2D eigenvalue weighted by atomic mass is 9.89. The second kappa shape index (κ2) is 4.65. The van der Waals surface area contributed by atoms with Crippen molar-refractivity contribution in [1.29, 1.82) is 0 Å². The quantitative estimate of drug-likeness (QED) is 0.750. The lowest BCUT2D eigenvalue weighted by Crippen LogP contribution is -2.34. The van der Waals surface area contributed by atoms with Gasteiger partial charge in [0, 0.05) is 9.61 Å². The van der Waals surface area contributed by atoms with E-state index in [0.717, 1.165) is 12.0 Å². The van der Waals surface area contributed by atoms with Crippen LogP contribution in [-0.4, -0.2) is 24.0 Å². The molecule has 1 saturated heterocycles. The van der Waals surface area contributed by atoms with Crippen molar-refractivity contribution in [3.05, 3.63) is 33.4 Å². The van der Waals surface area contributed by atoms with E-state index >= 15 is 0 Å². The van der Waals surface area contributed by atoms with Crippen molar-refractivity contribution in [2.45, 2.75) is 37.6 Å². The van der Waals surface area contributed by atoms with Crippen LogP contribution in [0.25, 0.3) is 0 Å². The predicted molar refractivity (Wildman–Crippen MR) is 75.7 cm³/mol. The van der Waals surface area contributed by atoms with Crippen molar-refractivity contribution >= 4 is 22.6 Å². The van der Waals surface area contributed by atoms with Gasteiger partial charge in [-0.25, -0.2) is 0 Å². The number of halogens is 1. The molecule has 0 radical (unpaired) electrons. The van der Waals surface area contributed by atoms with E-state index in [4.69, 9.17) is 0 Å². The van der Waals surface area contributed by atoms with Crippen LogP contribution in [0.2, 0.25) is 0 Å². The summed E-state index contributed by atoms with van der Waals surface area (Å²) in [4.78, 5) is 2.70. The van der Waals surface area contributed by atoms with Gasteiger partial charge in [0.2, 0.25) is 0 Å². The second-order valence-corrected chi connectivity index (χ2v) is 6.34. The Hall–Kier alpha value is -0.0900. The molecule has 1 aliphatic carbocycles. The highest BCUT2D eigenvalue weighted by Gasteiger charge is 2.31. The minimum Gasteiger partial charge on any atom is -0.300 e. The van der Waals surface area contributed by atoms with Gasteiger partial charge in [-0.1, -0.05) is 12.1 Å². The summed E-state index contributed by atoms with van der Waals surface area (Å²) in [7, 11) is 0. The molecule has 16 heavy (non-hydrogen) atoms. The van der Waals surface area contributed by atoms with Gasteiger partial charge in [0.15, 0.2) is 0 Å². The van der Waals surface area contributed by atoms with Crippen LogP contribution < -0.4 is 0 Å². The Morgan fingerprint density at radius 3 is 2.12 bits per heavy atom. The molecule has 0 atom stereocenters. The van der Waals surface area contributed by atoms with Gasteiger partial charge in [-0.15, -0.1) is 0 Å². The average Bonchev–Trinajstić information content (AvgIpc) is 3.14. The Bertz CT molecular complexity index is 348. The van der Waals surface area contributed by atoms with Crippen LogP contribution in [0, 0.1) is 3.57 Å². The molecule has 0 aromatic heterocycles. The van der Waals surface area contributed by atoms with Crippen LogP contribution in [0.4, 0.5) is 0 Å². The number of hydrogen-bond acceptors (Lipinski definition) is 1. The van der Waals surface area contributed by atoms with E-state index in [1.807, 2.05) is 0 Å². The first kappa shape index (κ1) is 11.0. The zero-order valence-electron chi connectivity index (χ0n) is 9.53. The number of nitrogens with zero attached hydrogens (tertiary/aromatic N) is 1. The molecule has 2 heteroatoms. The fraction of sp³-hybridized carbons (Fsp3) is 0.571. The lowest BCUT2D eigenvalue weighted by Gasteiger charge is -2.32. The molecule has 2 fully saturated rings. The first-order chi connectivity index (χ1) is 7.83. The van der Waals surface area contributed by atoms with Gasteiger partial charge in [0.05, 0.1) is 0 Å². The van der Waals surface area contributed by atoms with E-state index in [0.29, 0.717) is 0 Å². The summed E-state index contributed by atoms with van der Waals surface area (Å²) in [6.07, 6.45) is 5.62. The van der Waals surface area contributed by atoms with Crippen LogP contribution in [0.5, 0.6) is 0 Å². The molecule has 0 bridgehead atoms. The number of hydrogen-bond donors (Lipinski definition) is 0. The van der Waals surface area contributed by atoms with E-state index in [1.54, 1.807) is 5.56 Å². The van der Waals surface area contributed by atoms with Crippen molar-refractivity contribution in [2.24, 2.45) is 0 Å². The number of rotatable bonds is 2. The highest BCUT2D eigenvalue weighted by atomic mass is 127. The maximum Gasteiger partial charge on any atom is 0.0130 e. The van der Waals surface area contributed by atoms with Crippen LogP contribution in [0.15, 0.2) is 24.3 Å². The van der Waals surface area contributed by atoms with Gasteiger partial charge >= 0.3 is 0 Å². The van der Waals surface area contributed by atoms with Crippen molar-refractivity contribution in [1.82, 2.24) is 4.90 Å². The van der Waals surface area contributed by atoms with Crippen LogP contribution >= 0.6 is 22.6 Å². The normalized spacial score (nSPS) is 23.6. The smallest absolute Gasteiger partial charge is 0.0130 e. The van der Waals surface area contributed by atoms with Crippen molar-refractivity contribution in [3.8, 4) is 0 Å². The molecule has 0 spiro atoms. The molecule has 1 heterocycles. The molecule has 1 saturated carbocycles. The maximum atomic E-state index is 2.70. The third-order valence-electron chi connectivity index (χ3n) is 3.93. The maximum absolute atomic E-state index is 2.70. The molecule has 0 N–H and O–H groups in total. The van der Waals surface area contributed by atoms with Gasteiger partial charge in [-0.2, -0.15) is 0 Å². The third kappa shape index (κ3) is 2.43. The van der Waals surface area contributed by atoms with E-state index in [1.165, 1.54) is 42.3 Å². The minimum absolute atomic E-state index is 0.812. The van der Waals surface area contributed by atoms with Crippen LogP contribution in [0.1, 0.15) is 37.2 Å². The van der Waals surface area contributed by atoms with Crippen LogP contribution in [0.3, 0.4) is 0 Å². The van der Waals surface area contributed by atoms with Gasteiger partial charge < -0.3 is 4.90 Å². The number of benzene rings is 1. The largest absolute Gasteiger partial charge is 0.300 e. The van der Waals surface area contributed by atoms with Crippen molar-refractivity contribution < 1.29 is 0 Å². The Morgan fingerprint density at radius 2 is 1.56 bits per heavy atom. The highest BCUT2D eigenvalue weighted by molar-refractivity contribution is 14.1. The van der Waals surface area contributed by atoms with Crippen molar-refractivity contribution in [3.63, 3.8) is 0 Å². The van der Waals surface area contributed by atoms with Gasteiger partial charge in [0.25, 0.3) is 0 Å². The number of piperidine rings is 1. The summed E-state index contributed by atoms with van der Waals surface area (Å²) in [5, 5.41) is 0. The second-order valence-electron chi connectivity index (χ2n) is 5.09. The first-order valence-corrected chi connectivity index (χ1v) is 7.40. The fourth-order valence-electron chi connectivity index (χ4n) is 2.77. The lowest BCUT2D eigenvalue weighted by molar-refractivity contribution is 0.203. The molecule has 0 amide bonds. The molecule has 1 aliphatic heterocycles. The average molecular weight is 327 g/mol. The molecule has 86 valence electrons. The molecule has 2 aliphatic rings. The van der Waals surface area contributed by atoms with E-state index in [-0.39, 0.29) is 0 Å².